The summed E-state index contributed by atoms with van der Waals surface area (Å²) >= 11 is 0. The van der Waals surface area contributed by atoms with Crippen molar-refractivity contribution in [3.63, 3.8) is 0 Å². The first-order valence-electron chi connectivity index (χ1n) is 9.92. The molecule has 7 heteroatoms. The van der Waals surface area contributed by atoms with E-state index in [9.17, 15) is 0 Å². The van der Waals surface area contributed by atoms with E-state index < -0.39 is 0 Å². The lowest BCUT2D eigenvalue weighted by molar-refractivity contribution is 0.166. The molecule has 2 N–H and O–H groups in total. The van der Waals surface area contributed by atoms with Crippen molar-refractivity contribution in [1.29, 1.82) is 0 Å². The van der Waals surface area contributed by atoms with Crippen LogP contribution in [-0.4, -0.2) is 59.2 Å². The normalized spacial score (nSPS) is 17.5. The lowest BCUT2D eigenvalue weighted by Gasteiger charge is -2.32. The number of hydrogen-bond donors (Lipinski definition) is 2. The van der Waals surface area contributed by atoms with Crippen molar-refractivity contribution in [2.45, 2.75) is 59.0 Å². The van der Waals surface area contributed by atoms with Crippen LogP contribution in [0.4, 0.5) is 0 Å². The molecule has 0 bridgehead atoms. The minimum atomic E-state index is 0. The third-order valence-electron chi connectivity index (χ3n) is 4.88. The Labute approximate surface area is 176 Å². The van der Waals surface area contributed by atoms with Crippen LogP contribution in [0.25, 0.3) is 0 Å². The highest BCUT2D eigenvalue weighted by Crippen LogP contribution is 2.17. The van der Waals surface area contributed by atoms with Crippen molar-refractivity contribution in [3.05, 3.63) is 18.7 Å². The lowest BCUT2D eigenvalue weighted by atomic mass is 10.0. The van der Waals surface area contributed by atoms with Crippen molar-refractivity contribution < 1.29 is 0 Å². The summed E-state index contributed by atoms with van der Waals surface area (Å²) in [5.41, 5.74) is 0. The summed E-state index contributed by atoms with van der Waals surface area (Å²) in [6.07, 6.45) is 11.1. The van der Waals surface area contributed by atoms with Gasteiger partial charge in [0.1, 0.15) is 0 Å². The van der Waals surface area contributed by atoms with Gasteiger partial charge in [0, 0.05) is 38.1 Å². The number of likely N-dealkylation sites (tertiary alicyclic amines) is 1. The predicted octanol–water partition coefficient (Wildman–Crippen LogP) is 2.96. The molecular weight excluding hydrogens is 439 g/mol. The first-order valence-corrected chi connectivity index (χ1v) is 9.92. The second kappa shape index (κ2) is 13.4. The number of halogens is 1. The first kappa shape index (κ1) is 23.2. The van der Waals surface area contributed by atoms with Crippen LogP contribution in [0.1, 0.15) is 46.5 Å². The fourth-order valence-electron chi connectivity index (χ4n) is 3.42. The zero-order valence-electron chi connectivity index (χ0n) is 16.7. The van der Waals surface area contributed by atoms with Gasteiger partial charge in [0.05, 0.1) is 12.9 Å². The van der Waals surface area contributed by atoms with Gasteiger partial charge in [-0.3, -0.25) is 9.89 Å². The fraction of sp³-hybridized carbons (Fsp3) is 0.789. The van der Waals surface area contributed by atoms with Gasteiger partial charge >= 0.3 is 0 Å². The molecule has 0 aliphatic carbocycles. The third-order valence-corrected chi connectivity index (χ3v) is 4.88. The quantitative estimate of drug-likeness (QED) is 0.344. The molecule has 1 aliphatic rings. The van der Waals surface area contributed by atoms with E-state index in [-0.39, 0.29) is 24.0 Å². The molecule has 1 aliphatic heterocycles. The van der Waals surface area contributed by atoms with Crippen molar-refractivity contribution in [3.8, 4) is 0 Å². The maximum atomic E-state index is 4.89. The van der Waals surface area contributed by atoms with Crippen molar-refractivity contribution in [2.75, 3.05) is 32.7 Å². The molecule has 1 aromatic rings. The summed E-state index contributed by atoms with van der Waals surface area (Å²) in [5, 5.41) is 6.81. The zero-order valence-corrected chi connectivity index (χ0v) is 19.0. The highest BCUT2D eigenvalue weighted by Gasteiger charge is 2.22. The van der Waals surface area contributed by atoms with Gasteiger partial charge in [0.15, 0.2) is 5.96 Å². The van der Waals surface area contributed by atoms with Crippen LogP contribution < -0.4 is 10.6 Å². The Balaban J connectivity index is 0.00000338. The SMILES string of the molecule is CCNC(=NCC(C(C)C)N1CCCCCC1)NCCn1ccnc1.I. The molecule has 0 aromatic carbocycles. The molecule has 1 aromatic heterocycles. The molecule has 1 unspecified atom stereocenters. The predicted molar refractivity (Wildman–Crippen MR) is 120 cm³/mol. The molecule has 2 heterocycles. The second-order valence-corrected chi connectivity index (χ2v) is 7.21. The van der Waals surface area contributed by atoms with Gasteiger partial charge in [-0.1, -0.05) is 26.7 Å². The number of aromatic nitrogens is 2. The highest BCUT2D eigenvalue weighted by molar-refractivity contribution is 14.0. The van der Waals surface area contributed by atoms with Crippen LogP contribution in [0.15, 0.2) is 23.7 Å². The van der Waals surface area contributed by atoms with Crippen LogP contribution in [-0.2, 0) is 6.54 Å². The smallest absolute Gasteiger partial charge is 0.191 e. The number of hydrogen-bond acceptors (Lipinski definition) is 3. The second-order valence-electron chi connectivity index (χ2n) is 7.21. The van der Waals surface area contributed by atoms with E-state index in [1.807, 2.05) is 18.7 Å². The van der Waals surface area contributed by atoms with E-state index in [0.717, 1.165) is 32.1 Å². The van der Waals surface area contributed by atoms with Gasteiger partial charge in [0.25, 0.3) is 0 Å². The average molecular weight is 476 g/mol. The molecule has 26 heavy (non-hydrogen) atoms. The number of nitrogens with one attached hydrogen (secondary N) is 2. The minimum absolute atomic E-state index is 0. The van der Waals surface area contributed by atoms with Crippen molar-refractivity contribution in [1.82, 2.24) is 25.1 Å². The molecule has 2 rings (SSSR count). The molecule has 1 atom stereocenters. The van der Waals surface area contributed by atoms with Crippen molar-refractivity contribution >= 4 is 29.9 Å². The Hall–Kier alpha value is -0.830. The zero-order chi connectivity index (χ0) is 17.9. The molecule has 0 spiro atoms. The van der Waals surface area contributed by atoms with Crippen LogP contribution in [0, 0.1) is 5.92 Å². The molecule has 150 valence electrons. The Kier molecular flexibility index (Phi) is 11.9. The first-order chi connectivity index (χ1) is 12.2. The third kappa shape index (κ3) is 8.24. The van der Waals surface area contributed by atoms with E-state index >= 15 is 0 Å². The molecule has 0 amide bonds. The van der Waals surface area contributed by atoms with Crippen molar-refractivity contribution in [2.24, 2.45) is 10.9 Å². The number of rotatable bonds is 8. The van der Waals surface area contributed by atoms with Crippen LogP contribution in [0.2, 0.25) is 0 Å². The lowest BCUT2D eigenvalue weighted by Crippen LogP contribution is -2.44. The molecular formula is C19H37IN6. The average Bonchev–Trinajstić information content (AvgIpc) is 2.96. The maximum Gasteiger partial charge on any atom is 0.191 e. The standard InChI is InChI=1S/C19H36N6.HI/c1-4-21-19(22-10-14-24-13-9-20-16-24)23-15-18(17(2)3)25-11-7-5-6-8-12-25;/h9,13,16-18H,4-8,10-12,14-15H2,1-3H3,(H2,21,22,23);1H. The summed E-state index contributed by atoms with van der Waals surface area (Å²) in [4.78, 5) is 11.6. The number of aliphatic imine (C=N–C) groups is 1. The van der Waals surface area contributed by atoms with Gasteiger partial charge in [-0.15, -0.1) is 24.0 Å². The number of nitrogens with zero attached hydrogens (tertiary/aromatic N) is 4. The van der Waals surface area contributed by atoms with Crippen LogP contribution in [0.5, 0.6) is 0 Å². The summed E-state index contributed by atoms with van der Waals surface area (Å²) in [5.74, 6) is 1.54. The van der Waals surface area contributed by atoms with E-state index in [1.54, 1.807) is 0 Å². The van der Waals surface area contributed by atoms with Gasteiger partial charge in [0.2, 0.25) is 0 Å². The molecule has 0 radical (unpaired) electrons. The summed E-state index contributed by atoms with van der Waals surface area (Å²) in [6.45, 7) is 12.7. The van der Waals surface area contributed by atoms with Crippen LogP contribution >= 0.6 is 24.0 Å². The van der Waals surface area contributed by atoms with Gasteiger partial charge in [-0.05, 0) is 38.8 Å². The topological polar surface area (TPSA) is 57.5 Å². The number of imidazole rings is 1. The minimum Gasteiger partial charge on any atom is -0.357 e. The monoisotopic (exact) mass is 476 g/mol. The van der Waals surface area contributed by atoms with E-state index in [0.29, 0.717) is 12.0 Å². The summed E-state index contributed by atoms with van der Waals surface area (Å²) < 4.78 is 2.07. The largest absolute Gasteiger partial charge is 0.357 e. The molecule has 1 saturated heterocycles. The molecule has 0 saturated carbocycles. The fourth-order valence-corrected chi connectivity index (χ4v) is 3.42. The highest BCUT2D eigenvalue weighted by atomic mass is 127. The summed E-state index contributed by atoms with van der Waals surface area (Å²) in [6, 6.07) is 0.530. The van der Waals surface area contributed by atoms with Gasteiger partial charge < -0.3 is 15.2 Å². The van der Waals surface area contributed by atoms with Crippen LogP contribution in [0.3, 0.4) is 0 Å². The van der Waals surface area contributed by atoms with E-state index in [4.69, 9.17) is 4.99 Å². The Morgan fingerprint density at radius 2 is 1.88 bits per heavy atom. The molecule has 6 nitrogen and oxygen atoms in total. The maximum absolute atomic E-state index is 4.89. The van der Waals surface area contributed by atoms with Gasteiger partial charge in [-0.2, -0.15) is 0 Å². The Morgan fingerprint density at radius 3 is 2.46 bits per heavy atom. The van der Waals surface area contributed by atoms with E-state index in [1.165, 1.54) is 38.8 Å². The number of guanidine groups is 1. The summed E-state index contributed by atoms with van der Waals surface area (Å²) in [7, 11) is 0. The Bertz CT molecular complexity index is 480. The Morgan fingerprint density at radius 1 is 1.15 bits per heavy atom. The molecule has 1 fully saturated rings. The van der Waals surface area contributed by atoms with Gasteiger partial charge in [-0.25, -0.2) is 4.98 Å². The van der Waals surface area contributed by atoms with E-state index in [2.05, 4.69) is 45.9 Å².